The number of hydrazine groups is 1. The molecule has 1 aliphatic rings. The molecule has 0 heterocycles. The number of nitrogens with one attached hydrogen (secondary N) is 1. The third kappa shape index (κ3) is 4.06. The third-order valence-corrected chi connectivity index (χ3v) is 3.59. The van der Waals surface area contributed by atoms with Crippen LogP contribution >= 0.6 is 0 Å². The number of hydrogen-bond acceptors (Lipinski definition) is 4. The molecule has 0 amide bonds. The molecule has 5 heteroatoms. The van der Waals surface area contributed by atoms with Crippen LogP contribution in [0.25, 0.3) is 0 Å². The first-order chi connectivity index (χ1) is 6.01. The third-order valence-electron chi connectivity index (χ3n) is 2.58. The van der Waals surface area contributed by atoms with Crippen LogP contribution in [-0.4, -0.2) is 26.5 Å². The molecule has 0 radical (unpaired) electrons. The molecule has 1 unspecified atom stereocenters. The lowest BCUT2D eigenvalue weighted by Crippen LogP contribution is -2.42. The van der Waals surface area contributed by atoms with E-state index in [4.69, 9.17) is 5.84 Å². The summed E-state index contributed by atoms with van der Waals surface area (Å²) in [6.07, 6.45) is 5.87. The second kappa shape index (κ2) is 4.39. The standard InChI is InChI=1S/C8H18N2O2S/c1-13(11,12)6-8(10-9)5-7-3-2-4-7/h7-8,10H,2-6,9H2,1H3. The zero-order valence-corrected chi connectivity index (χ0v) is 8.81. The fourth-order valence-corrected chi connectivity index (χ4v) is 2.64. The summed E-state index contributed by atoms with van der Waals surface area (Å²) in [5, 5.41) is 0. The summed E-state index contributed by atoms with van der Waals surface area (Å²) in [5.41, 5.74) is 2.58. The molecular weight excluding hydrogens is 188 g/mol. The van der Waals surface area contributed by atoms with E-state index in [2.05, 4.69) is 5.43 Å². The minimum atomic E-state index is -2.91. The van der Waals surface area contributed by atoms with Crippen molar-refractivity contribution < 1.29 is 8.42 Å². The highest BCUT2D eigenvalue weighted by Gasteiger charge is 2.23. The molecule has 3 N–H and O–H groups in total. The van der Waals surface area contributed by atoms with Crippen molar-refractivity contribution >= 4 is 9.84 Å². The molecule has 0 spiro atoms. The number of hydrogen-bond donors (Lipinski definition) is 2. The summed E-state index contributed by atoms with van der Waals surface area (Å²) >= 11 is 0. The summed E-state index contributed by atoms with van der Waals surface area (Å²) in [6.45, 7) is 0. The zero-order valence-electron chi connectivity index (χ0n) is 7.99. The van der Waals surface area contributed by atoms with Gasteiger partial charge < -0.3 is 0 Å². The Kier molecular flexibility index (Phi) is 3.70. The molecule has 1 rings (SSSR count). The molecule has 0 aromatic rings. The first-order valence-electron chi connectivity index (χ1n) is 4.65. The van der Waals surface area contributed by atoms with Crippen LogP contribution in [0.15, 0.2) is 0 Å². The van der Waals surface area contributed by atoms with Crippen LogP contribution in [0.2, 0.25) is 0 Å². The van der Waals surface area contributed by atoms with Gasteiger partial charge >= 0.3 is 0 Å². The summed E-state index contributed by atoms with van der Waals surface area (Å²) < 4.78 is 22.0. The van der Waals surface area contributed by atoms with Gasteiger partial charge in [0.25, 0.3) is 0 Å². The maximum absolute atomic E-state index is 11.0. The zero-order chi connectivity index (χ0) is 9.90. The Labute approximate surface area is 79.8 Å². The number of sulfone groups is 1. The van der Waals surface area contributed by atoms with Crippen LogP contribution in [0, 0.1) is 5.92 Å². The Morgan fingerprint density at radius 1 is 1.54 bits per heavy atom. The van der Waals surface area contributed by atoms with Gasteiger partial charge in [-0.25, -0.2) is 8.42 Å². The highest BCUT2D eigenvalue weighted by atomic mass is 32.2. The molecule has 0 aromatic heterocycles. The summed E-state index contributed by atoms with van der Waals surface area (Å²) in [7, 11) is -2.91. The van der Waals surface area contributed by atoms with Crippen LogP contribution in [-0.2, 0) is 9.84 Å². The highest BCUT2D eigenvalue weighted by molar-refractivity contribution is 7.90. The molecule has 4 nitrogen and oxygen atoms in total. The van der Waals surface area contributed by atoms with Crippen LogP contribution in [0.1, 0.15) is 25.7 Å². The smallest absolute Gasteiger partial charge is 0.149 e. The molecule has 13 heavy (non-hydrogen) atoms. The quantitative estimate of drug-likeness (QED) is 0.492. The second-order valence-corrected chi connectivity index (χ2v) is 6.17. The number of nitrogens with two attached hydrogens (primary N) is 1. The van der Waals surface area contributed by atoms with Crippen molar-refractivity contribution in [3.05, 3.63) is 0 Å². The fraction of sp³-hybridized carbons (Fsp3) is 1.00. The minimum Gasteiger partial charge on any atom is -0.271 e. The maximum atomic E-state index is 11.0. The number of rotatable bonds is 5. The van der Waals surface area contributed by atoms with Crippen molar-refractivity contribution in [3.8, 4) is 0 Å². The highest BCUT2D eigenvalue weighted by Crippen LogP contribution is 2.30. The van der Waals surface area contributed by atoms with E-state index in [1.54, 1.807) is 0 Å². The normalized spacial score (nSPS) is 21.1. The van der Waals surface area contributed by atoms with E-state index in [9.17, 15) is 8.42 Å². The molecule has 0 aromatic carbocycles. The predicted octanol–water partition coefficient (Wildman–Crippen LogP) is 0.0531. The van der Waals surface area contributed by atoms with Gasteiger partial charge in [0.2, 0.25) is 0 Å². The molecule has 78 valence electrons. The Morgan fingerprint density at radius 3 is 2.46 bits per heavy atom. The maximum Gasteiger partial charge on any atom is 0.149 e. The molecule has 1 saturated carbocycles. The van der Waals surface area contributed by atoms with Crippen molar-refractivity contribution in [1.29, 1.82) is 0 Å². The van der Waals surface area contributed by atoms with Gasteiger partial charge in [0.15, 0.2) is 0 Å². The lowest BCUT2D eigenvalue weighted by atomic mass is 9.81. The van der Waals surface area contributed by atoms with E-state index < -0.39 is 9.84 Å². The van der Waals surface area contributed by atoms with Crippen molar-refractivity contribution in [2.24, 2.45) is 11.8 Å². The second-order valence-electron chi connectivity index (χ2n) is 3.99. The van der Waals surface area contributed by atoms with Gasteiger partial charge in [0.05, 0.1) is 5.75 Å². The molecular formula is C8H18N2O2S. The van der Waals surface area contributed by atoms with Gasteiger partial charge in [0, 0.05) is 12.3 Å². The first-order valence-corrected chi connectivity index (χ1v) is 6.71. The average Bonchev–Trinajstić information content (AvgIpc) is 1.91. The largest absolute Gasteiger partial charge is 0.271 e. The SMILES string of the molecule is CS(=O)(=O)CC(CC1CCC1)NN. The lowest BCUT2D eigenvalue weighted by Gasteiger charge is -2.28. The molecule has 0 aliphatic heterocycles. The summed E-state index contributed by atoms with van der Waals surface area (Å²) in [5.74, 6) is 6.13. The average molecular weight is 206 g/mol. The Bertz CT molecular complexity index is 247. The molecule has 1 fully saturated rings. The molecule has 1 atom stereocenters. The van der Waals surface area contributed by atoms with Gasteiger partial charge in [0.1, 0.15) is 9.84 Å². The summed E-state index contributed by atoms with van der Waals surface area (Å²) in [4.78, 5) is 0. The lowest BCUT2D eigenvalue weighted by molar-refractivity contribution is 0.267. The molecule has 1 aliphatic carbocycles. The van der Waals surface area contributed by atoms with Gasteiger partial charge in [-0.05, 0) is 12.3 Å². The van der Waals surface area contributed by atoms with Crippen molar-refractivity contribution in [2.45, 2.75) is 31.7 Å². The van der Waals surface area contributed by atoms with Gasteiger partial charge in [-0.1, -0.05) is 19.3 Å². The van der Waals surface area contributed by atoms with Gasteiger partial charge in [-0.3, -0.25) is 11.3 Å². The molecule has 0 saturated heterocycles. The van der Waals surface area contributed by atoms with E-state index >= 15 is 0 Å². The van der Waals surface area contributed by atoms with Gasteiger partial charge in [-0.2, -0.15) is 0 Å². The Morgan fingerprint density at radius 2 is 2.15 bits per heavy atom. The minimum absolute atomic E-state index is 0.0692. The van der Waals surface area contributed by atoms with Crippen LogP contribution in [0.3, 0.4) is 0 Å². The summed E-state index contributed by atoms with van der Waals surface area (Å²) in [6, 6.07) is -0.0692. The topological polar surface area (TPSA) is 72.2 Å². The Balaban J connectivity index is 2.33. The van der Waals surface area contributed by atoms with E-state index in [-0.39, 0.29) is 11.8 Å². The first kappa shape index (κ1) is 10.9. The van der Waals surface area contributed by atoms with E-state index in [1.807, 2.05) is 0 Å². The van der Waals surface area contributed by atoms with Crippen molar-refractivity contribution in [3.63, 3.8) is 0 Å². The van der Waals surface area contributed by atoms with E-state index in [0.717, 1.165) is 6.42 Å². The van der Waals surface area contributed by atoms with Crippen molar-refractivity contribution in [2.75, 3.05) is 12.0 Å². The van der Waals surface area contributed by atoms with E-state index in [0.29, 0.717) is 5.92 Å². The monoisotopic (exact) mass is 206 g/mol. The van der Waals surface area contributed by atoms with Crippen LogP contribution < -0.4 is 11.3 Å². The van der Waals surface area contributed by atoms with Crippen molar-refractivity contribution in [1.82, 2.24) is 5.43 Å². The van der Waals surface area contributed by atoms with Crippen LogP contribution in [0.4, 0.5) is 0 Å². The predicted molar refractivity (Wildman–Crippen MR) is 52.8 cm³/mol. The van der Waals surface area contributed by atoms with E-state index in [1.165, 1.54) is 25.5 Å². The Hall–Kier alpha value is -0.130. The van der Waals surface area contributed by atoms with Crippen LogP contribution in [0.5, 0.6) is 0 Å². The fourth-order valence-electron chi connectivity index (χ4n) is 1.68. The molecule has 0 bridgehead atoms. The van der Waals surface area contributed by atoms with Gasteiger partial charge in [-0.15, -0.1) is 0 Å².